The first-order valence-electron chi connectivity index (χ1n) is 7.20. The van der Waals surface area contributed by atoms with Gasteiger partial charge in [-0.05, 0) is 29.8 Å². The zero-order valence-corrected chi connectivity index (χ0v) is 12.3. The second kappa shape index (κ2) is 6.70. The number of aromatic nitrogens is 2. The summed E-state index contributed by atoms with van der Waals surface area (Å²) < 4.78 is 1.52. The zero-order chi connectivity index (χ0) is 16.1. The summed E-state index contributed by atoms with van der Waals surface area (Å²) in [6, 6.07) is 18.0. The number of carbonyl (C=O) groups excluding carboxylic acids is 1. The molecule has 0 atom stereocenters. The Morgan fingerprint density at radius 1 is 1.00 bits per heavy atom. The maximum Gasteiger partial charge on any atom is 0.263 e. The average Bonchev–Trinajstić information content (AvgIpc) is 2.58. The van der Waals surface area contributed by atoms with Crippen molar-refractivity contribution in [1.82, 2.24) is 9.55 Å². The number of nitrogens with zero attached hydrogens (tertiary/aromatic N) is 2. The first-order valence-corrected chi connectivity index (χ1v) is 7.20. The molecule has 23 heavy (non-hydrogen) atoms. The third-order valence-electron chi connectivity index (χ3n) is 3.37. The highest BCUT2D eigenvalue weighted by Crippen LogP contribution is 2.04. The predicted molar refractivity (Wildman–Crippen MR) is 88.4 cm³/mol. The van der Waals surface area contributed by atoms with Gasteiger partial charge in [0.25, 0.3) is 11.5 Å². The lowest BCUT2D eigenvalue weighted by Crippen LogP contribution is -2.29. The van der Waals surface area contributed by atoms with Crippen molar-refractivity contribution in [2.75, 3.05) is 5.32 Å². The second-order valence-corrected chi connectivity index (χ2v) is 5.01. The van der Waals surface area contributed by atoms with E-state index in [1.165, 1.54) is 10.6 Å². The van der Waals surface area contributed by atoms with Crippen LogP contribution in [-0.4, -0.2) is 15.5 Å². The Morgan fingerprint density at radius 2 is 1.78 bits per heavy atom. The van der Waals surface area contributed by atoms with Gasteiger partial charge in [-0.25, -0.2) is 4.98 Å². The molecule has 1 amide bonds. The summed E-state index contributed by atoms with van der Waals surface area (Å²) in [6.07, 6.45) is 3.25. The molecule has 0 fully saturated rings. The van der Waals surface area contributed by atoms with Gasteiger partial charge in [0.15, 0.2) is 0 Å². The number of nitrogens with one attached hydrogen (secondary N) is 1. The monoisotopic (exact) mass is 305 g/mol. The van der Waals surface area contributed by atoms with E-state index in [1.54, 1.807) is 36.7 Å². The quantitative estimate of drug-likeness (QED) is 0.805. The van der Waals surface area contributed by atoms with E-state index in [2.05, 4.69) is 10.3 Å². The minimum Gasteiger partial charge on any atom is -0.310 e. The largest absolute Gasteiger partial charge is 0.310 e. The molecular weight excluding hydrogens is 290 g/mol. The van der Waals surface area contributed by atoms with Crippen LogP contribution in [0.5, 0.6) is 0 Å². The molecule has 0 aliphatic heterocycles. The van der Waals surface area contributed by atoms with Crippen LogP contribution >= 0.6 is 0 Å². The van der Waals surface area contributed by atoms with E-state index in [9.17, 15) is 9.59 Å². The van der Waals surface area contributed by atoms with Crippen LogP contribution in [-0.2, 0) is 6.54 Å². The molecule has 5 nitrogen and oxygen atoms in total. The third-order valence-corrected chi connectivity index (χ3v) is 3.37. The Hall–Kier alpha value is -3.21. The number of benzene rings is 1. The highest BCUT2D eigenvalue weighted by Gasteiger charge is 2.12. The van der Waals surface area contributed by atoms with Gasteiger partial charge in [-0.3, -0.25) is 9.59 Å². The van der Waals surface area contributed by atoms with Crippen LogP contribution in [0.4, 0.5) is 5.82 Å². The number of pyridine rings is 2. The molecule has 0 radical (unpaired) electrons. The van der Waals surface area contributed by atoms with Gasteiger partial charge in [0.1, 0.15) is 11.4 Å². The van der Waals surface area contributed by atoms with Crippen LogP contribution in [0.2, 0.25) is 0 Å². The predicted octanol–water partition coefficient (Wildman–Crippen LogP) is 2.54. The topological polar surface area (TPSA) is 64.0 Å². The fourth-order valence-electron chi connectivity index (χ4n) is 2.23. The molecule has 0 bridgehead atoms. The van der Waals surface area contributed by atoms with Gasteiger partial charge in [0.2, 0.25) is 0 Å². The molecule has 0 saturated heterocycles. The molecule has 0 aliphatic rings. The van der Waals surface area contributed by atoms with E-state index in [0.717, 1.165) is 5.56 Å². The lowest BCUT2D eigenvalue weighted by molar-refractivity contribution is 0.102. The normalized spacial score (nSPS) is 10.3. The zero-order valence-electron chi connectivity index (χ0n) is 12.3. The van der Waals surface area contributed by atoms with Gasteiger partial charge in [-0.1, -0.05) is 36.4 Å². The minimum absolute atomic E-state index is 0.0917. The number of hydrogen-bond acceptors (Lipinski definition) is 3. The SMILES string of the molecule is O=C(Nc1ccccn1)c1cccn(Cc2ccccc2)c1=O. The molecule has 0 unspecified atom stereocenters. The Balaban J connectivity index is 1.85. The van der Waals surface area contributed by atoms with Crippen molar-refractivity contribution in [2.24, 2.45) is 0 Å². The van der Waals surface area contributed by atoms with Gasteiger partial charge in [0.05, 0.1) is 6.54 Å². The van der Waals surface area contributed by atoms with E-state index in [1.807, 2.05) is 30.3 Å². The van der Waals surface area contributed by atoms with Crippen molar-refractivity contribution < 1.29 is 4.79 Å². The van der Waals surface area contributed by atoms with Crippen LogP contribution in [0.1, 0.15) is 15.9 Å². The summed E-state index contributed by atoms with van der Waals surface area (Å²) in [5.74, 6) is -0.0496. The molecule has 3 rings (SSSR count). The molecule has 0 saturated carbocycles. The van der Waals surface area contributed by atoms with E-state index in [4.69, 9.17) is 0 Å². The summed E-state index contributed by atoms with van der Waals surface area (Å²) >= 11 is 0. The van der Waals surface area contributed by atoms with Crippen LogP contribution in [0.15, 0.2) is 77.9 Å². The maximum absolute atomic E-state index is 12.5. The number of rotatable bonds is 4. The van der Waals surface area contributed by atoms with Crippen LogP contribution in [0, 0.1) is 0 Å². The van der Waals surface area contributed by atoms with Crippen LogP contribution < -0.4 is 10.9 Å². The fourth-order valence-corrected chi connectivity index (χ4v) is 2.23. The Morgan fingerprint density at radius 3 is 2.52 bits per heavy atom. The van der Waals surface area contributed by atoms with Gasteiger partial charge in [-0.2, -0.15) is 0 Å². The number of amides is 1. The third kappa shape index (κ3) is 3.52. The van der Waals surface area contributed by atoms with Crippen molar-refractivity contribution in [3.05, 3.63) is 94.5 Å². The summed E-state index contributed by atoms with van der Waals surface area (Å²) in [4.78, 5) is 28.8. The van der Waals surface area contributed by atoms with E-state index in [0.29, 0.717) is 12.4 Å². The average molecular weight is 305 g/mol. The smallest absolute Gasteiger partial charge is 0.263 e. The fraction of sp³-hybridized carbons (Fsp3) is 0.0556. The van der Waals surface area contributed by atoms with Gasteiger partial charge < -0.3 is 9.88 Å². The highest BCUT2D eigenvalue weighted by molar-refractivity contribution is 6.03. The van der Waals surface area contributed by atoms with Crippen molar-refractivity contribution in [1.29, 1.82) is 0 Å². The summed E-state index contributed by atoms with van der Waals surface area (Å²) in [6.45, 7) is 0.421. The van der Waals surface area contributed by atoms with Crippen LogP contribution in [0.25, 0.3) is 0 Å². The lowest BCUT2D eigenvalue weighted by atomic mass is 10.2. The van der Waals surface area contributed by atoms with E-state index in [-0.39, 0.29) is 11.1 Å². The molecule has 5 heteroatoms. The highest BCUT2D eigenvalue weighted by atomic mass is 16.2. The maximum atomic E-state index is 12.5. The van der Waals surface area contributed by atoms with Crippen molar-refractivity contribution in [3.63, 3.8) is 0 Å². The summed E-state index contributed by atoms with van der Waals surface area (Å²) in [5, 5.41) is 2.63. The van der Waals surface area contributed by atoms with Crippen molar-refractivity contribution in [3.8, 4) is 0 Å². The van der Waals surface area contributed by atoms with Gasteiger partial charge in [0, 0.05) is 12.4 Å². The second-order valence-electron chi connectivity index (χ2n) is 5.01. The van der Waals surface area contributed by atoms with Gasteiger partial charge in [-0.15, -0.1) is 0 Å². The molecular formula is C18H15N3O2. The molecule has 2 heterocycles. The molecule has 0 aliphatic carbocycles. The van der Waals surface area contributed by atoms with E-state index < -0.39 is 5.91 Å². The van der Waals surface area contributed by atoms with Crippen molar-refractivity contribution >= 4 is 11.7 Å². The summed E-state index contributed by atoms with van der Waals surface area (Å²) in [5.41, 5.74) is 0.760. The minimum atomic E-state index is -0.462. The lowest BCUT2D eigenvalue weighted by Gasteiger charge is -2.08. The molecule has 1 aromatic carbocycles. The van der Waals surface area contributed by atoms with Crippen molar-refractivity contribution in [2.45, 2.75) is 6.54 Å². The first-order chi connectivity index (χ1) is 11.2. The molecule has 2 aromatic heterocycles. The Bertz CT molecular complexity index is 858. The molecule has 3 aromatic rings. The molecule has 114 valence electrons. The Labute approximate surface area is 133 Å². The van der Waals surface area contributed by atoms with Gasteiger partial charge >= 0.3 is 0 Å². The van der Waals surface area contributed by atoms with E-state index >= 15 is 0 Å². The number of carbonyl (C=O) groups is 1. The Kier molecular flexibility index (Phi) is 4.29. The standard InChI is InChI=1S/C18H15N3O2/c22-17(20-16-10-4-5-11-19-16)15-9-6-12-21(18(15)23)13-14-7-2-1-3-8-14/h1-12H,13H2,(H,19,20,22). The summed E-state index contributed by atoms with van der Waals surface area (Å²) in [7, 11) is 0. The number of hydrogen-bond donors (Lipinski definition) is 1. The molecule has 0 spiro atoms. The number of anilines is 1. The van der Waals surface area contributed by atoms with Crippen LogP contribution in [0.3, 0.4) is 0 Å². The molecule has 1 N–H and O–H groups in total. The first kappa shape index (κ1) is 14.7.